The lowest BCUT2D eigenvalue weighted by molar-refractivity contribution is 0.147. The van der Waals surface area contributed by atoms with Crippen LogP contribution in [-0.4, -0.2) is 17.1 Å². The third-order valence-electron chi connectivity index (χ3n) is 3.87. The van der Waals surface area contributed by atoms with Gasteiger partial charge in [-0.2, -0.15) is 0 Å². The molecule has 2 aromatic rings. The van der Waals surface area contributed by atoms with Crippen molar-refractivity contribution in [3.05, 3.63) is 39.8 Å². The summed E-state index contributed by atoms with van der Waals surface area (Å²) >= 11 is 6.36. The second-order valence-corrected chi connectivity index (χ2v) is 5.68. The van der Waals surface area contributed by atoms with Crippen LogP contribution in [0.5, 0.6) is 5.75 Å². The van der Waals surface area contributed by atoms with Crippen LogP contribution in [0.15, 0.2) is 29.2 Å². The first-order valence-corrected chi connectivity index (χ1v) is 7.25. The molecule has 1 aromatic heterocycles. The van der Waals surface area contributed by atoms with E-state index in [1.165, 1.54) is 0 Å². The number of hydrogen-bond donors (Lipinski definition) is 2. The quantitative estimate of drug-likeness (QED) is 0.894. The first-order valence-electron chi connectivity index (χ1n) is 6.87. The zero-order valence-electron chi connectivity index (χ0n) is 11.1. The number of rotatable bonds is 2. The largest absolute Gasteiger partial charge is 0.489 e. The lowest BCUT2D eigenvalue weighted by atomic mass is 9.94. The average Bonchev–Trinajstić information content (AvgIpc) is 2.45. The normalized spacial score (nSPS) is 22.9. The molecule has 5 heteroatoms. The molecule has 106 valence electrons. The van der Waals surface area contributed by atoms with E-state index in [0.29, 0.717) is 22.2 Å². The Bertz CT molecular complexity index is 675. The number of ether oxygens (including phenoxy) is 1. The van der Waals surface area contributed by atoms with Gasteiger partial charge in [-0.05, 0) is 43.9 Å². The van der Waals surface area contributed by atoms with Gasteiger partial charge in [0, 0.05) is 23.0 Å². The van der Waals surface area contributed by atoms with Crippen molar-refractivity contribution < 1.29 is 4.74 Å². The molecule has 1 aromatic carbocycles. The summed E-state index contributed by atoms with van der Waals surface area (Å²) in [6.07, 6.45) is 5.62. The molecule has 0 saturated heterocycles. The third-order valence-corrected chi connectivity index (χ3v) is 4.26. The van der Waals surface area contributed by atoms with Gasteiger partial charge in [0.1, 0.15) is 5.75 Å². The zero-order valence-corrected chi connectivity index (χ0v) is 11.8. The van der Waals surface area contributed by atoms with Crippen molar-refractivity contribution in [2.24, 2.45) is 5.73 Å². The molecular weight excluding hydrogens is 276 g/mol. The third kappa shape index (κ3) is 2.53. The van der Waals surface area contributed by atoms with Crippen molar-refractivity contribution in [3.63, 3.8) is 0 Å². The maximum Gasteiger partial charge on any atom is 0.255 e. The molecule has 0 unspecified atom stereocenters. The summed E-state index contributed by atoms with van der Waals surface area (Å²) in [6.45, 7) is 0. The molecule has 1 fully saturated rings. The average molecular weight is 293 g/mol. The van der Waals surface area contributed by atoms with E-state index in [-0.39, 0.29) is 11.7 Å². The molecule has 0 amide bonds. The monoisotopic (exact) mass is 292 g/mol. The van der Waals surface area contributed by atoms with E-state index in [2.05, 4.69) is 4.98 Å². The van der Waals surface area contributed by atoms with E-state index in [9.17, 15) is 4.79 Å². The topological polar surface area (TPSA) is 68.1 Å². The molecule has 20 heavy (non-hydrogen) atoms. The fraction of sp³-hybridized carbons (Fsp3) is 0.400. The number of pyridine rings is 1. The van der Waals surface area contributed by atoms with Gasteiger partial charge < -0.3 is 15.5 Å². The van der Waals surface area contributed by atoms with Crippen LogP contribution in [0.2, 0.25) is 5.02 Å². The smallest absolute Gasteiger partial charge is 0.255 e. The van der Waals surface area contributed by atoms with Crippen molar-refractivity contribution in [1.29, 1.82) is 0 Å². The highest BCUT2D eigenvalue weighted by atomic mass is 35.5. The van der Waals surface area contributed by atoms with Gasteiger partial charge in [-0.1, -0.05) is 11.6 Å². The molecule has 1 aliphatic carbocycles. The van der Waals surface area contributed by atoms with Gasteiger partial charge in [-0.15, -0.1) is 0 Å². The number of hydrogen-bond acceptors (Lipinski definition) is 3. The summed E-state index contributed by atoms with van der Waals surface area (Å²) in [5.74, 6) is 0.644. The molecule has 0 atom stereocenters. The Morgan fingerprint density at radius 2 is 1.90 bits per heavy atom. The first kappa shape index (κ1) is 13.5. The number of nitrogens with two attached hydrogens (primary N) is 1. The first-order chi connectivity index (χ1) is 9.65. The fourth-order valence-corrected chi connectivity index (χ4v) is 2.96. The van der Waals surface area contributed by atoms with Gasteiger partial charge in [0.15, 0.2) is 0 Å². The molecular formula is C15H17ClN2O2. The van der Waals surface area contributed by atoms with Crippen LogP contribution in [0.3, 0.4) is 0 Å². The Labute approximate surface area is 121 Å². The van der Waals surface area contributed by atoms with Gasteiger partial charge in [-0.3, -0.25) is 4.79 Å². The number of aromatic amines is 1. The lowest BCUT2D eigenvalue weighted by Gasteiger charge is -2.27. The summed E-state index contributed by atoms with van der Waals surface area (Å²) in [5, 5.41) is 1.81. The van der Waals surface area contributed by atoms with Crippen LogP contribution in [0.25, 0.3) is 10.8 Å². The van der Waals surface area contributed by atoms with Crippen molar-refractivity contribution in [2.45, 2.75) is 37.8 Å². The molecule has 3 rings (SSSR count). The molecule has 1 heterocycles. The van der Waals surface area contributed by atoms with Gasteiger partial charge in [0.2, 0.25) is 0 Å². The minimum atomic E-state index is -0.139. The second kappa shape index (κ2) is 5.46. The van der Waals surface area contributed by atoms with Crippen LogP contribution in [0, 0.1) is 0 Å². The van der Waals surface area contributed by atoms with E-state index in [1.807, 2.05) is 0 Å². The highest BCUT2D eigenvalue weighted by molar-refractivity contribution is 6.37. The molecule has 0 spiro atoms. The van der Waals surface area contributed by atoms with E-state index in [0.717, 1.165) is 31.1 Å². The number of benzene rings is 1. The molecule has 3 N–H and O–H groups in total. The van der Waals surface area contributed by atoms with Crippen LogP contribution in [-0.2, 0) is 0 Å². The van der Waals surface area contributed by atoms with Crippen LogP contribution < -0.4 is 16.0 Å². The van der Waals surface area contributed by atoms with Crippen molar-refractivity contribution in [2.75, 3.05) is 0 Å². The zero-order chi connectivity index (χ0) is 14.1. The van der Waals surface area contributed by atoms with Crippen LogP contribution in [0.1, 0.15) is 25.7 Å². The summed E-state index contributed by atoms with van der Waals surface area (Å²) < 4.78 is 5.98. The minimum absolute atomic E-state index is 0.139. The molecule has 4 nitrogen and oxygen atoms in total. The van der Waals surface area contributed by atoms with Crippen molar-refractivity contribution in [3.8, 4) is 5.75 Å². The van der Waals surface area contributed by atoms with E-state index in [1.54, 1.807) is 24.4 Å². The molecule has 0 bridgehead atoms. The second-order valence-electron chi connectivity index (χ2n) is 5.30. The Hall–Kier alpha value is -1.52. The van der Waals surface area contributed by atoms with Crippen molar-refractivity contribution in [1.82, 2.24) is 4.98 Å². The number of halogens is 1. The maximum atomic E-state index is 11.7. The number of nitrogens with one attached hydrogen (secondary N) is 1. The van der Waals surface area contributed by atoms with Crippen LogP contribution >= 0.6 is 11.6 Å². The Morgan fingerprint density at radius 3 is 2.65 bits per heavy atom. The predicted molar refractivity (Wildman–Crippen MR) is 80.4 cm³/mol. The van der Waals surface area contributed by atoms with Gasteiger partial charge >= 0.3 is 0 Å². The SMILES string of the molecule is N[C@H]1CC[C@@H](Oc2ccc3c(=O)[nH]ccc3c2Cl)CC1. The standard InChI is InChI=1S/C15H17ClN2O2/c16-14-11-7-8-18-15(19)12(11)5-6-13(14)20-10-3-1-9(17)2-4-10/h5-10H,1-4,17H2,(H,18,19)/t9-,10+. The highest BCUT2D eigenvalue weighted by Gasteiger charge is 2.21. The molecule has 0 aliphatic heterocycles. The fourth-order valence-electron chi connectivity index (χ4n) is 2.69. The maximum absolute atomic E-state index is 11.7. The highest BCUT2D eigenvalue weighted by Crippen LogP contribution is 2.33. The van der Waals surface area contributed by atoms with Gasteiger partial charge in [-0.25, -0.2) is 0 Å². The van der Waals surface area contributed by atoms with E-state index >= 15 is 0 Å². The van der Waals surface area contributed by atoms with Crippen molar-refractivity contribution >= 4 is 22.4 Å². The van der Waals surface area contributed by atoms with E-state index < -0.39 is 0 Å². The number of fused-ring (bicyclic) bond motifs is 1. The molecule has 0 radical (unpaired) electrons. The number of H-pyrrole nitrogens is 1. The molecule has 1 aliphatic rings. The summed E-state index contributed by atoms with van der Waals surface area (Å²) in [7, 11) is 0. The minimum Gasteiger partial charge on any atom is -0.489 e. The summed E-state index contributed by atoms with van der Waals surface area (Å²) in [6, 6.07) is 5.61. The predicted octanol–water partition coefficient (Wildman–Crippen LogP) is 2.83. The van der Waals surface area contributed by atoms with Gasteiger partial charge in [0.05, 0.1) is 11.1 Å². The molecule has 1 saturated carbocycles. The summed E-state index contributed by atoms with van der Waals surface area (Å²) in [4.78, 5) is 14.3. The lowest BCUT2D eigenvalue weighted by Crippen LogP contribution is -2.31. The Morgan fingerprint density at radius 1 is 1.15 bits per heavy atom. The van der Waals surface area contributed by atoms with E-state index in [4.69, 9.17) is 22.1 Å². The van der Waals surface area contributed by atoms with Gasteiger partial charge in [0.25, 0.3) is 5.56 Å². The summed E-state index contributed by atoms with van der Waals surface area (Å²) in [5.41, 5.74) is 5.75. The Kier molecular flexibility index (Phi) is 3.68. The Balaban J connectivity index is 1.89. The van der Waals surface area contributed by atoms with Crippen LogP contribution in [0.4, 0.5) is 0 Å². The number of aromatic nitrogens is 1.